The standard InChI is InChI=1S/C16H10ClNO/c1-9-8-18-14-5-3-2-4-11(14)12-6-10(17)7-13(15(12)18)16(9)19/h2-8H,1H3. The molecule has 0 saturated carbocycles. The number of halogens is 1. The highest BCUT2D eigenvalue weighted by molar-refractivity contribution is 6.33. The van der Waals surface area contributed by atoms with E-state index >= 15 is 0 Å². The van der Waals surface area contributed by atoms with Gasteiger partial charge in [-0.1, -0.05) is 29.8 Å². The van der Waals surface area contributed by atoms with Gasteiger partial charge in [0.2, 0.25) is 0 Å². The molecule has 0 amide bonds. The van der Waals surface area contributed by atoms with Crippen LogP contribution in [0.2, 0.25) is 5.02 Å². The highest BCUT2D eigenvalue weighted by Crippen LogP contribution is 2.33. The van der Waals surface area contributed by atoms with Gasteiger partial charge in [-0.15, -0.1) is 0 Å². The van der Waals surface area contributed by atoms with Crippen molar-refractivity contribution in [2.45, 2.75) is 6.92 Å². The van der Waals surface area contributed by atoms with Gasteiger partial charge in [0.1, 0.15) is 0 Å². The summed E-state index contributed by atoms with van der Waals surface area (Å²) in [5.41, 5.74) is 2.86. The lowest BCUT2D eigenvalue weighted by molar-refractivity contribution is 1.21. The summed E-state index contributed by atoms with van der Waals surface area (Å²) in [7, 11) is 0. The lowest BCUT2D eigenvalue weighted by atomic mass is 10.1. The molecule has 2 aromatic heterocycles. The first-order chi connectivity index (χ1) is 9.16. The van der Waals surface area contributed by atoms with E-state index in [2.05, 4.69) is 16.5 Å². The fraction of sp³-hybridized carbons (Fsp3) is 0.0625. The minimum atomic E-state index is 0.0582. The molecule has 2 heterocycles. The molecule has 4 rings (SSSR count). The third kappa shape index (κ3) is 1.29. The summed E-state index contributed by atoms with van der Waals surface area (Å²) >= 11 is 6.17. The van der Waals surface area contributed by atoms with E-state index in [9.17, 15) is 4.79 Å². The van der Waals surface area contributed by atoms with Gasteiger partial charge < -0.3 is 4.40 Å². The van der Waals surface area contributed by atoms with Gasteiger partial charge in [-0.05, 0) is 25.1 Å². The molecule has 0 saturated heterocycles. The summed E-state index contributed by atoms with van der Waals surface area (Å²) in [6.07, 6.45) is 1.91. The van der Waals surface area contributed by atoms with Crippen LogP contribution in [0, 0.1) is 6.92 Å². The Bertz CT molecular complexity index is 966. The van der Waals surface area contributed by atoms with Crippen LogP contribution >= 0.6 is 11.6 Å². The largest absolute Gasteiger partial charge is 0.315 e. The maximum absolute atomic E-state index is 12.3. The molecule has 3 heteroatoms. The molecule has 2 aromatic carbocycles. The van der Waals surface area contributed by atoms with E-state index in [4.69, 9.17) is 11.6 Å². The predicted molar refractivity (Wildman–Crippen MR) is 79.6 cm³/mol. The van der Waals surface area contributed by atoms with Crippen LogP contribution in [-0.4, -0.2) is 4.40 Å². The van der Waals surface area contributed by atoms with E-state index in [-0.39, 0.29) is 5.43 Å². The molecule has 0 atom stereocenters. The second-order valence-corrected chi connectivity index (χ2v) is 5.31. The first-order valence-electron chi connectivity index (χ1n) is 6.12. The summed E-state index contributed by atoms with van der Waals surface area (Å²) in [4.78, 5) is 12.3. The topological polar surface area (TPSA) is 21.5 Å². The molecule has 0 aliphatic rings. The van der Waals surface area contributed by atoms with Gasteiger partial charge in [0.15, 0.2) is 5.43 Å². The number of fused-ring (bicyclic) bond motifs is 3. The Morgan fingerprint density at radius 1 is 1.05 bits per heavy atom. The second kappa shape index (κ2) is 3.49. The Labute approximate surface area is 114 Å². The molecule has 0 N–H and O–H groups in total. The zero-order chi connectivity index (χ0) is 13.1. The summed E-state index contributed by atoms with van der Waals surface area (Å²) in [6, 6.07) is 11.8. The third-order valence-corrected chi connectivity index (χ3v) is 3.91. The van der Waals surface area contributed by atoms with Crippen LogP contribution in [0.3, 0.4) is 0 Å². The molecule has 0 radical (unpaired) electrons. The molecule has 0 bridgehead atoms. The lowest BCUT2D eigenvalue weighted by Gasteiger charge is -2.03. The summed E-state index contributed by atoms with van der Waals surface area (Å²) in [6.45, 7) is 1.84. The fourth-order valence-corrected chi connectivity index (χ4v) is 3.09. The molecule has 0 aliphatic heterocycles. The van der Waals surface area contributed by atoms with Crippen LogP contribution in [0.25, 0.3) is 27.2 Å². The molecule has 19 heavy (non-hydrogen) atoms. The number of hydrogen-bond donors (Lipinski definition) is 0. The SMILES string of the molecule is Cc1cn2c3ccccc3c3cc(Cl)cc(c1=O)c32. The minimum absolute atomic E-state index is 0.0582. The molecule has 92 valence electrons. The highest BCUT2D eigenvalue weighted by Gasteiger charge is 2.14. The van der Waals surface area contributed by atoms with Crippen molar-refractivity contribution in [3.63, 3.8) is 0 Å². The quantitative estimate of drug-likeness (QED) is 0.472. The van der Waals surface area contributed by atoms with Gasteiger partial charge in [0.05, 0.1) is 11.0 Å². The molecular formula is C16H10ClNO. The molecule has 0 fully saturated rings. The van der Waals surface area contributed by atoms with Crippen LogP contribution in [0.1, 0.15) is 5.56 Å². The monoisotopic (exact) mass is 267 g/mol. The number of nitrogens with zero attached hydrogens (tertiary/aromatic N) is 1. The number of pyridine rings is 1. The van der Waals surface area contributed by atoms with Crippen molar-refractivity contribution in [2.24, 2.45) is 0 Å². The van der Waals surface area contributed by atoms with Crippen LogP contribution in [0.4, 0.5) is 0 Å². The van der Waals surface area contributed by atoms with E-state index in [1.807, 2.05) is 31.3 Å². The number of rotatable bonds is 0. The van der Waals surface area contributed by atoms with Crippen molar-refractivity contribution in [2.75, 3.05) is 0 Å². The van der Waals surface area contributed by atoms with Gasteiger partial charge in [0, 0.05) is 32.9 Å². The molecule has 0 aliphatic carbocycles. The Kier molecular flexibility index (Phi) is 1.99. The first-order valence-corrected chi connectivity index (χ1v) is 6.50. The number of para-hydroxylation sites is 1. The molecule has 2 nitrogen and oxygen atoms in total. The van der Waals surface area contributed by atoms with Crippen molar-refractivity contribution in [1.82, 2.24) is 4.40 Å². The van der Waals surface area contributed by atoms with Crippen LogP contribution < -0.4 is 5.43 Å². The Balaban J connectivity index is 2.51. The van der Waals surface area contributed by atoms with Gasteiger partial charge in [-0.3, -0.25) is 4.79 Å². The molecule has 0 unspecified atom stereocenters. The van der Waals surface area contributed by atoms with Gasteiger partial charge >= 0.3 is 0 Å². The van der Waals surface area contributed by atoms with E-state index in [1.165, 1.54) is 0 Å². The van der Waals surface area contributed by atoms with E-state index in [1.54, 1.807) is 6.07 Å². The zero-order valence-electron chi connectivity index (χ0n) is 10.3. The summed E-state index contributed by atoms with van der Waals surface area (Å²) < 4.78 is 2.09. The zero-order valence-corrected chi connectivity index (χ0v) is 11.0. The van der Waals surface area contributed by atoms with E-state index in [0.29, 0.717) is 10.4 Å². The number of benzene rings is 2. The van der Waals surface area contributed by atoms with Crippen molar-refractivity contribution >= 4 is 38.8 Å². The minimum Gasteiger partial charge on any atom is -0.315 e. The first kappa shape index (κ1) is 10.8. The van der Waals surface area contributed by atoms with E-state index < -0.39 is 0 Å². The lowest BCUT2D eigenvalue weighted by Crippen LogP contribution is -2.07. The Hall–Kier alpha value is -2.06. The van der Waals surface area contributed by atoms with Crippen LogP contribution in [0.15, 0.2) is 47.4 Å². The average molecular weight is 268 g/mol. The molecule has 0 spiro atoms. The number of aryl methyl sites for hydroxylation is 1. The van der Waals surface area contributed by atoms with Gasteiger partial charge in [-0.25, -0.2) is 0 Å². The Morgan fingerprint density at radius 2 is 1.79 bits per heavy atom. The van der Waals surface area contributed by atoms with Gasteiger partial charge in [0.25, 0.3) is 0 Å². The van der Waals surface area contributed by atoms with Crippen LogP contribution in [0.5, 0.6) is 0 Å². The van der Waals surface area contributed by atoms with Crippen LogP contribution in [-0.2, 0) is 0 Å². The normalized spacial score (nSPS) is 11.9. The van der Waals surface area contributed by atoms with Crippen molar-refractivity contribution < 1.29 is 0 Å². The maximum atomic E-state index is 12.3. The second-order valence-electron chi connectivity index (χ2n) is 4.88. The summed E-state index contributed by atoms with van der Waals surface area (Å²) in [5.74, 6) is 0. The highest BCUT2D eigenvalue weighted by atomic mass is 35.5. The Morgan fingerprint density at radius 3 is 2.63 bits per heavy atom. The molecular weight excluding hydrogens is 258 g/mol. The number of hydrogen-bond acceptors (Lipinski definition) is 1. The fourth-order valence-electron chi connectivity index (χ4n) is 2.87. The smallest absolute Gasteiger partial charge is 0.192 e. The van der Waals surface area contributed by atoms with Gasteiger partial charge in [-0.2, -0.15) is 0 Å². The third-order valence-electron chi connectivity index (χ3n) is 3.69. The predicted octanol–water partition coefficient (Wildman–Crippen LogP) is 4.01. The van der Waals surface area contributed by atoms with Crippen molar-refractivity contribution in [3.8, 4) is 0 Å². The maximum Gasteiger partial charge on any atom is 0.192 e. The van der Waals surface area contributed by atoms with E-state index in [0.717, 1.165) is 27.4 Å². The average Bonchev–Trinajstić information content (AvgIpc) is 2.71. The van der Waals surface area contributed by atoms with Crippen molar-refractivity contribution in [3.05, 3.63) is 63.4 Å². The number of aromatic nitrogens is 1. The molecule has 4 aromatic rings. The van der Waals surface area contributed by atoms with Crippen molar-refractivity contribution in [1.29, 1.82) is 0 Å². The summed E-state index contributed by atoms with van der Waals surface area (Å²) in [5, 5.41) is 3.46.